The number of nitrogens with zero attached hydrogens (tertiary/aromatic N) is 5. The first-order valence-electron chi connectivity index (χ1n) is 7.85. The highest BCUT2D eigenvalue weighted by atomic mass is 16.2. The minimum atomic E-state index is -0.330. The number of para-hydroxylation sites is 1. The van der Waals surface area contributed by atoms with Gasteiger partial charge in [0, 0.05) is 18.5 Å². The van der Waals surface area contributed by atoms with Gasteiger partial charge in [0.15, 0.2) is 5.65 Å². The minimum absolute atomic E-state index is 0.0190. The molecular weight excluding hydrogens is 294 g/mol. The Labute approximate surface area is 132 Å². The number of likely N-dealkylation sites (tertiary alicyclic amines) is 1. The van der Waals surface area contributed by atoms with Crippen molar-refractivity contribution in [3.63, 3.8) is 0 Å². The van der Waals surface area contributed by atoms with Crippen LogP contribution in [0.25, 0.3) is 16.6 Å². The first-order valence-corrected chi connectivity index (χ1v) is 7.85. The lowest BCUT2D eigenvalue weighted by molar-refractivity contribution is -0.132. The summed E-state index contributed by atoms with van der Waals surface area (Å²) in [7, 11) is 0. The third-order valence-electron chi connectivity index (χ3n) is 4.32. The summed E-state index contributed by atoms with van der Waals surface area (Å²) in [6.07, 6.45) is 4.69. The number of hydrogen-bond donors (Lipinski definition) is 0. The van der Waals surface area contributed by atoms with Crippen molar-refractivity contribution in [1.29, 1.82) is 0 Å². The van der Waals surface area contributed by atoms with E-state index < -0.39 is 0 Å². The van der Waals surface area contributed by atoms with E-state index >= 15 is 0 Å². The van der Waals surface area contributed by atoms with Crippen LogP contribution in [0, 0.1) is 0 Å². The van der Waals surface area contributed by atoms with E-state index in [1.807, 2.05) is 29.2 Å². The number of piperidine rings is 1. The number of hydrogen-bond acceptors (Lipinski definition) is 4. The molecule has 23 heavy (non-hydrogen) atoms. The van der Waals surface area contributed by atoms with Crippen LogP contribution in [-0.4, -0.2) is 43.1 Å². The molecule has 3 aromatic rings. The number of carbonyl (C=O) groups is 1. The van der Waals surface area contributed by atoms with Crippen LogP contribution in [0.2, 0.25) is 0 Å². The molecule has 0 unspecified atom stereocenters. The molecule has 1 saturated heterocycles. The normalized spacial score (nSPS) is 15.4. The van der Waals surface area contributed by atoms with Crippen molar-refractivity contribution in [2.45, 2.75) is 25.8 Å². The number of amides is 1. The second-order valence-corrected chi connectivity index (χ2v) is 5.84. The highest BCUT2D eigenvalue weighted by molar-refractivity contribution is 5.90. The molecule has 0 bridgehead atoms. The smallest absolute Gasteiger partial charge is 0.341 e. The van der Waals surface area contributed by atoms with E-state index in [4.69, 9.17) is 0 Å². The fraction of sp³-hybridized carbons (Fsp3) is 0.375. The Balaban J connectivity index is 1.73. The molecule has 118 valence electrons. The second-order valence-electron chi connectivity index (χ2n) is 5.84. The van der Waals surface area contributed by atoms with Gasteiger partial charge in [-0.15, -0.1) is 5.10 Å². The molecule has 1 fully saturated rings. The molecule has 1 aliphatic rings. The Hall–Kier alpha value is -2.70. The van der Waals surface area contributed by atoms with E-state index in [1.165, 1.54) is 15.4 Å². The highest BCUT2D eigenvalue weighted by Crippen LogP contribution is 2.14. The topological polar surface area (TPSA) is 72.5 Å². The zero-order chi connectivity index (χ0) is 15.8. The van der Waals surface area contributed by atoms with Crippen LogP contribution >= 0.6 is 0 Å². The Bertz CT molecular complexity index is 936. The molecule has 4 rings (SSSR count). The summed E-state index contributed by atoms with van der Waals surface area (Å²) in [5.74, 6) is -0.0486. The number of fused-ring (bicyclic) bond motifs is 3. The van der Waals surface area contributed by atoms with Crippen LogP contribution in [0.15, 0.2) is 35.4 Å². The molecule has 1 amide bonds. The van der Waals surface area contributed by atoms with Gasteiger partial charge in [-0.25, -0.2) is 18.9 Å². The third-order valence-corrected chi connectivity index (χ3v) is 4.32. The third kappa shape index (κ3) is 2.38. The fourth-order valence-electron chi connectivity index (χ4n) is 3.08. The van der Waals surface area contributed by atoms with Gasteiger partial charge in [0.25, 0.3) is 0 Å². The molecule has 0 atom stereocenters. The zero-order valence-electron chi connectivity index (χ0n) is 12.7. The Kier molecular flexibility index (Phi) is 3.33. The Morgan fingerprint density at radius 1 is 1.13 bits per heavy atom. The standard InChI is InChI=1S/C16H17N5O2/c22-14(19-8-4-1-5-9-19)10-21-16(23)20-11-17-13-7-3-2-6-12(13)15(20)18-21/h2-3,6-7,11H,1,4-5,8-10H2. The van der Waals surface area contributed by atoms with Crippen LogP contribution in [0.3, 0.4) is 0 Å². The molecule has 7 nitrogen and oxygen atoms in total. The van der Waals surface area contributed by atoms with Gasteiger partial charge in [-0.2, -0.15) is 0 Å². The minimum Gasteiger partial charge on any atom is -0.341 e. The van der Waals surface area contributed by atoms with Crippen molar-refractivity contribution < 1.29 is 4.79 Å². The number of aromatic nitrogens is 4. The summed E-state index contributed by atoms with van der Waals surface area (Å²) in [4.78, 5) is 30.9. The molecule has 0 spiro atoms. The molecule has 3 heterocycles. The van der Waals surface area contributed by atoms with Crippen molar-refractivity contribution in [3.05, 3.63) is 41.1 Å². The van der Waals surface area contributed by atoms with E-state index in [1.54, 1.807) is 0 Å². The lowest BCUT2D eigenvalue weighted by atomic mass is 10.1. The zero-order valence-corrected chi connectivity index (χ0v) is 12.7. The molecule has 0 radical (unpaired) electrons. The highest BCUT2D eigenvalue weighted by Gasteiger charge is 2.19. The number of benzene rings is 1. The van der Waals surface area contributed by atoms with Crippen molar-refractivity contribution in [2.24, 2.45) is 0 Å². The molecule has 1 aliphatic heterocycles. The molecule has 2 aromatic heterocycles. The Morgan fingerprint density at radius 2 is 1.91 bits per heavy atom. The largest absolute Gasteiger partial charge is 0.352 e. The summed E-state index contributed by atoms with van der Waals surface area (Å²) in [5, 5.41) is 5.16. The van der Waals surface area contributed by atoms with Crippen LogP contribution < -0.4 is 5.69 Å². The predicted molar refractivity (Wildman–Crippen MR) is 85.2 cm³/mol. The van der Waals surface area contributed by atoms with Gasteiger partial charge < -0.3 is 4.90 Å². The van der Waals surface area contributed by atoms with Gasteiger partial charge in [-0.05, 0) is 31.4 Å². The van der Waals surface area contributed by atoms with Gasteiger partial charge >= 0.3 is 5.69 Å². The van der Waals surface area contributed by atoms with E-state index in [0.29, 0.717) is 5.65 Å². The average Bonchev–Trinajstić information content (AvgIpc) is 2.92. The predicted octanol–water partition coefficient (Wildman–Crippen LogP) is 1.06. The van der Waals surface area contributed by atoms with Gasteiger partial charge in [-0.1, -0.05) is 12.1 Å². The molecule has 0 N–H and O–H groups in total. The first-order chi connectivity index (χ1) is 11.2. The number of carbonyl (C=O) groups excluding carboxylic acids is 1. The maximum atomic E-state index is 12.4. The summed E-state index contributed by atoms with van der Waals surface area (Å²) in [6.45, 7) is 1.52. The van der Waals surface area contributed by atoms with Crippen molar-refractivity contribution >= 4 is 22.5 Å². The summed E-state index contributed by atoms with van der Waals surface area (Å²) in [5.41, 5.74) is 0.982. The van der Waals surface area contributed by atoms with Crippen molar-refractivity contribution in [3.8, 4) is 0 Å². The van der Waals surface area contributed by atoms with Crippen LogP contribution in [-0.2, 0) is 11.3 Å². The molecule has 7 heteroatoms. The Morgan fingerprint density at radius 3 is 2.74 bits per heavy atom. The molecule has 0 saturated carbocycles. The summed E-state index contributed by atoms with van der Waals surface area (Å²) in [6, 6.07) is 7.52. The van der Waals surface area contributed by atoms with Crippen molar-refractivity contribution in [1.82, 2.24) is 24.1 Å². The average molecular weight is 311 g/mol. The molecule has 1 aromatic carbocycles. The van der Waals surface area contributed by atoms with E-state index in [2.05, 4.69) is 10.1 Å². The van der Waals surface area contributed by atoms with Crippen LogP contribution in [0.4, 0.5) is 0 Å². The quantitative estimate of drug-likeness (QED) is 0.709. The van der Waals surface area contributed by atoms with Crippen LogP contribution in [0.5, 0.6) is 0 Å². The van der Waals surface area contributed by atoms with Crippen LogP contribution in [0.1, 0.15) is 19.3 Å². The van der Waals surface area contributed by atoms with Crippen molar-refractivity contribution in [2.75, 3.05) is 13.1 Å². The SMILES string of the molecule is O=C(Cn1nc2c3ccccc3ncn2c1=O)N1CCCCC1. The summed E-state index contributed by atoms with van der Waals surface area (Å²) < 4.78 is 2.63. The second kappa shape index (κ2) is 5.49. The van der Waals surface area contributed by atoms with E-state index in [0.717, 1.165) is 43.3 Å². The lowest BCUT2D eigenvalue weighted by Gasteiger charge is -2.26. The van der Waals surface area contributed by atoms with Gasteiger partial charge in [0.2, 0.25) is 5.91 Å². The maximum absolute atomic E-state index is 12.4. The maximum Gasteiger partial charge on any atom is 0.352 e. The molecular formula is C16H17N5O2. The number of rotatable bonds is 2. The molecule has 0 aliphatic carbocycles. The fourth-order valence-corrected chi connectivity index (χ4v) is 3.08. The van der Waals surface area contributed by atoms with Gasteiger partial charge in [0.05, 0.1) is 5.52 Å². The van der Waals surface area contributed by atoms with E-state index in [9.17, 15) is 9.59 Å². The monoisotopic (exact) mass is 311 g/mol. The first kappa shape index (κ1) is 13.9. The van der Waals surface area contributed by atoms with Gasteiger partial charge in [-0.3, -0.25) is 4.79 Å². The van der Waals surface area contributed by atoms with Gasteiger partial charge in [0.1, 0.15) is 12.9 Å². The van der Waals surface area contributed by atoms with E-state index in [-0.39, 0.29) is 18.1 Å². The lowest BCUT2D eigenvalue weighted by Crippen LogP contribution is -2.39. The summed E-state index contributed by atoms with van der Waals surface area (Å²) >= 11 is 0.